The van der Waals surface area contributed by atoms with Gasteiger partial charge in [-0.1, -0.05) is 10.4 Å². The lowest BCUT2D eigenvalue weighted by atomic mass is 10.4. The van der Waals surface area contributed by atoms with Crippen molar-refractivity contribution in [1.29, 1.82) is 0 Å². The highest BCUT2D eigenvalue weighted by atomic mass is 35.5. The minimum absolute atomic E-state index is 0.183. The summed E-state index contributed by atoms with van der Waals surface area (Å²) in [6.07, 6.45) is 3.30. The fourth-order valence-corrected chi connectivity index (χ4v) is 1.64. The van der Waals surface area contributed by atoms with Crippen LogP contribution in [-0.2, 0) is 6.54 Å². The van der Waals surface area contributed by atoms with Gasteiger partial charge in [-0.3, -0.25) is 0 Å². The van der Waals surface area contributed by atoms with Crippen molar-refractivity contribution in [3.63, 3.8) is 0 Å². The Bertz CT molecular complexity index is 658. The Labute approximate surface area is 113 Å². The zero-order chi connectivity index (χ0) is 13.2. The average Bonchev–Trinajstić information content (AvgIpc) is 3.09. The van der Waals surface area contributed by atoms with E-state index in [-0.39, 0.29) is 5.38 Å². The number of alkyl halides is 1. The highest BCUT2D eigenvalue weighted by Gasteiger charge is 2.13. The van der Waals surface area contributed by atoms with E-state index in [0.29, 0.717) is 29.7 Å². The van der Waals surface area contributed by atoms with Crippen LogP contribution >= 0.6 is 11.6 Å². The zero-order valence-electron chi connectivity index (χ0n) is 10.0. The molecule has 0 aromatic carbocycles. The fraction of sp³-hybridized carbons (Fsp3) is 0.273. The summed E-state index contributed by atoms with van der Waals surface area (Å²) in [7, 11) is 0. The standard InChI is InChI=1S/C11H10ClN5O2/c1-7(12)8-5-17(16-14-8)6-10-13-11(19-15-10)9-3-2-4-18-9/h2-5,7H,6H2,1H3. The van der Waals surface area contributed by atoms with Gasteiger partial charge in [-0.15, -0.1) is 16.7 Å². The van der Waals surface area contributed by atoms with Crippen molar-refractivity contribution in [1.82, 2.24) is 25.1 Å². The second-order valence-corrected chi connectivity index (χ2v) is 4.60. The van der Waals surface area contributed by atoms with Gasteiger partial charge >= 0.3 is 0 Å². The Balaban J connectivity index is 1.76. The predicted molar refractivity (Wildman–Crippen MR) is 65.4 cm³/mol. The summed E-state index contributed by atoms with van der Waals surface area (Å²) in [5, 5.41) is 11.6. The van der Waals surface area contributed by atoms with Crippen molar-refractivity contribution in [3.8, 4) is 11.7 Å². The van der Waals surface area contributed by atoms with Crippen molar-refractivity contribution < 1.29 is 8.94 Å². The Morgan fingerprint density at radius 3 is 3.05 bits per heavy atom. The second kappa shape index (κ2) is 4.85. The first kappa shape index (κ1) is 11.9. The van der Waals surface area contributed by atoms with E-state index in [2.05, 4.69) is 20.5 Å². The number of hydrogen-bond acceptors (Lipinski definition) is 6. The average molecular weight is 280 g/mol. The summed E-state index contributed by atoms with van der Waals surface area (Å²) in [5.74, 6) is 1.36. The van der Waals surface area contributed by atoms with E-state index >= 15 is 0 Å². The molecule has 3 heterocycles. The molecule has 0 saturated carbocycles. The lowest BCUT2D eigenvalue weighted by molar-refractivity contribution is 0.406. The predicted octanol–water partition coefficient (Wildman–Crippen LogP) is 2.27. The number of aromatic nitrogens is 5. The van der Waals surface area contributed by atoms with Crippen molar-refractivity contribution in [2.75, 3.05) is 0 Å². The smallest absolute Gasteiger partial charge is 0.293 e. The molecule has 98 valence electrons. The van der Waals surface area contributed by atoms with E-state index in [1.54, 1.807) is 29.3 Å². The van der Waals surface area contributed by atoms with Crippen LogP contribution in [0.25, 0.3) is 11.7 Å². The van der Waals surface area contributed by atoms with Crippen LogP contribution in [0.3, 0.4) is 0 Å². The molecule has 0 aliphatic heterocycles. The van der Waals surface area contributed by atoms with Gasteiger partial charge < -0.3 is 8.94 Å². The van der Waals surface area contributed by atoms with E-state index in [1.165, 1.54) is 0 Å². The van der Waals surface area contributed by atoms with Gasteiger partial charge in [0, 0.05) is 0 Å². The normalized spacial score (nSPS) is 12.7. The summed E-state index contributed by atoms with van der Waals surface area (Å²) in [5.41, 5.74) is 0.705. The minimum Gasteiger partial charge on any atom is -0.459 e. The molecule has 3 aromatic rings. The minimum atomic E-state index is -0.183. The molecule has 0 N–H and O–H groups in total. The zero-order valence-corrected chi connectivity index (χ0v) is 10.8. The molecular formula is C11H10ClN5O2. The van der Waals surface area contributed by atoms with Crippen LogP contribution in [0.1, 0.15) is 23.8 Å². The number of furan rings is 1. The third-order valence-corrected chi connectivity index (χ3v) is 2.69. The summed E-state index contributed by atoms with van der Waals surface area (Å²) in [4.78, 5) is 4.21. The third-order valence-electron chi connectivity index (χ3n) is 2.47. The first-order chi connectivity index (χ1) is 9.22. The number of nitrogens with zero attached hydrogens (tertiary/aromatic N) is 5. The highest BCUT2D eigenvalue weighted by molar-refractivity contribution is 6.20. The van der Waals surface area contributed by atoms with Gasteiger partial charge in [-0.05, 0) is 19.1 Å². The summed E-state index contributed by atoms with van der Waals surface area (Å²) >= 11 is 5.91. The van der Waals surface area contributed by atoms with Crippen molar-refractivity contribution in [2.45, 2.75) is 18.8 Å². The van der Waals surface area contributed by atoms with Gasteiger partial charge in [0.25, 0.3) is 5.89 Å². The van der Waals surface area contributed by atoms with Crippen molar-refractivity contribution >= 4 is 11.6 Å². The second-order valence-electron chi connectivity index (χ2n) is 3.95. The first-order valence-corrected chi connectivity index (χ1v) is 6.06. The molecule has 8 heteroatoms. The van der Waals surface area contributed by atoms with Crippen LogP contribution in [0.2, 0.25) is 0 Å². The Morgan fingerprint density at radius 2 is 2.37 bits per heavy atom. The molecule has 0 aliphatic rings. The molecule has 0 aliphatic carbocycles. The van der Waals surface area contributed by atoms with Crippen molar-refractivity contribution in [3.05, 3.63) is 36.1 Å². The monoisotopic (exact) mass is 279 g/mol. The maximum Gasteiger partial charge on any atom is 0.293 e. The fourth-order valence-electron chi connectivity index (χ4n) is 1.54. The van der Waals surface area contributed by atoms with Gasteiger partial charge in [-0.25, -0.2) is 4.68 Å². The van der Waals surface area contributed by atoms with Gasteiger partial charge in [0.2, 0.25) is 0 Å². The SMILES string of the molecule is CC(Cl)c1cn(Cc2noc(-c3ccco3)n2)nn1. The van der Waals surface area contributed by atoms with E-state index in [9.17, 15) is 0 Å². The van der Waals surface area contributed by atoms with Gasteiger partial charge in [0.05, 0.1) is 17.8 Å². The quantitative estimate of drug-likeness (QED) is 0.681. The van der Waals surface area contributed by atoms with Gasteiger partial charge in [0.15, 0.2) is 11.6 Å². The van der Waals surface area contributed by atoms with E-state index in [4.69, 9.17) is 20.5 Å². The molecule has 3 rings (SSSR count). The summed E-state index contributed by atoms with van der Waals surface area (Å²) in [6.45, 7) is 2.19. The van der Waals surface area contributed by atoms with Gasteiger partial charge in [0.1, 0.15) is 12.2 Å². The van der Waals surface area contributed by atoms with E-state index in [0.717, 1.165) is 0 Å². The lowest BCUT2D eigenvalue weighted by Crippen LogP contribution is -2.02. The maximum absolute atomic E-state index is 5.91. The topological polar surface area (TPSA) is 82.8 Å². The van der Waals surface area contributed by atoms with Crippen LogP contribution in [0.5, 0.6) is 0 Å². The van der Waals surface area contributed by atoms with Crippen LogP contribution in [0, 0.1) is 0 Å². The molecule has 1 unspecified atom stereocenters. The molecule has 0 spiro atoms. The Morgan fingerprint density at radius 1 is 1.47 bits per heavy atom. The molecule has 3 aromatic heterocycles. The number of rotatable bonds is 4. The van der Waals surface area contributed by atoms with Crippen molar-refractivity contribution in [2.24, 2.45) is 0 Å². The summed E-state index contributed by atoms with van der Waals surface area (Å²) < 4.78 is 11.9. The Kier molecular flexibility index (Phi) is 3.04. The molecule has 0 bridgehead atoms. The molecule has 0 fully saturated rings. The highest BCUT2D eigenvalue weighted by Crippen LogP contribution is 2.18. The van der Waals surface area contributed by atoms with Crippen LogP contribution < -0.4 is 0 Å². The first-order valence-electron chi connectivity index (χ1n) is 5.63. The largest absolute Gasteiger partial charge is 0.459 e. The Hall–Kier alpha value is -2.15. The molecule has 0 amide bonds. The summed E-state index contributed by atoms with van der Waals surface area (Å²) in [6, 6.07) is 3.50. The molecule has 0 radical (unpaired) electrons. The molecule has 7 nitrogen and oxygen atoms in total. The van der Waals surface area contributed by atoms with E-state index in [1.807, 2.05) is 6.92 Å². The van der Waals surface area contributed by atoms with Crippen LogP contribution in [-0.4, -0.2) is 25.1 Å². The number of hydrogen-bond donors (Lipinski definition) is 0. The molecule has 19 heavy (non-hydrogen) atoms. The lowest BCUT2D eigenvalue weighted by Gasteiger charge is -1.94. The van der Waals surface area contributed by atoms with Crippen LogP contribution in [0.4, 0.5) is 0 Å². The molecule has 0 saturated heterocycles. The van der Waals surface area contributed by atoms with Crippen LogP contribution in [0.15, 0.2) is 33.5 Å². The molecular weight excluding hydrogens is 270 g/mol. The van der Waals surface area contributed by atoms with Gasteiger partial charge in [-0.2, -0.15) is 4.98 Å². The van der Waals surface area contributed by atoms with E-state index < -0.39 is 0 Å². The maximum atomic E-state index is 5.91. The number of halogens is 1. The molecule has 1 atom stereocenters. The third kappa shape index (κ3) is 2.50.